The van der Waals surface area contributed by atoms with Crippen molar-refractivity contribution >= 4 is 16.7 Å². The number of ketones is 1. The number of nitrogens with zero attached hydrogens (tertiary/aromatic N) is 1. The van der Waals surface area contributed by atoms with Crippen LogP contribution in [0.1, 0.15) is 78.8 Å². The van der Waals surface area contributed by atoms with Crippen molar-refractivity contribution in [3.8, 4) is 5.75 Å². The SMILES string of the molecule is COc1cc(C)[nH]c(=O)c1CCC(=O)c1c(C)n(C(C)C2CCNC3CCCCC32)c2ccccc12. The monoisotopic (exact) mass is 489 g/mol. The Hall–Kier alpha value is -2.86. The Morgan fingerprint density at radius 1 is 1.17 bits per heavy atom. The third-order valence-electron chi connectivity index (χ3n) is 8.77. The number of carbonyl (C=O) groups is 1. The average molecular weight is 490 g/mol. The minimum absolute atomic E-state index is 0.0810. The molecule has 6 nitrogen and oxygen atoms in total. The van der Waals surface area contributed by atoms with Crippen LogP contribution >= 0.6 is 0 Å². The summed E-state index contributed by atoms with van der Waals surface area (Å²) in [6.07, 6.45) is 7.02. The van der Waals surface area contributed by atoms with E-state index in [0.29, 0.717) is 41.7 Å². The smallest absolute Gasteiger partial charge is 0.255 e. The molecule has 3 heterocycles. The molecule has 0 amide bonds. The van der Waals surface area contributed by atoms with E-state index < -0.39 is 0 Å². The van der Waals surface area contributed by atoms with Crippen LogP contribution in [0.4, 0.5) is 0 Å². The van der Waals surface area contributed by atoms with Crippen LogP contribution in [0.5, 0.6) is 5.75 Å². The second-order valence-electron chi connectivity index (χ2n) is 10.8. The molecule has 3 aromatic rings. The van der Waals surface area contributed by atoms with E-state index in [1.165, 1.54) is 32.1 Å². The lowest BCUT2D eigenvalue weighted by Crippen LogP contribution is -2.49. The highest BCUT2D eigenvalue weighted by atomic mass is 16.5. The van der Waals surface area contributed by atoms with Gasteiger partial charge in [0.25, 0.3) is 5.56 Å². The van der Waals surface area contributed by atoms with E-state index in [9.17, 15) is 9.59 Å². The van der Waals surface area contributed by atoms with Crippen molar-refractivity contribution in [2.75, 3.05) is 13.7 Å². The maximum atomic E-state index is 13.7. The van der Waals surface area contributed by atoms with E-state index >= 15 is 0 Å². The van der Waals surface area contributed by atoms with Gasteiger partial charge in [-0.15, -0.1) is 0 Å². The van der Waals surface area contributed by atoms with Gasteiger partial charge in [0.05, 0.1) is 12.7 Å². The summed E-state index contributed by atoms with van der Waals surface area (Å²) in [6.45, 7) is 7.36. The zero-order valence-electron chi connectivity index (χ0n) is 22.0. The summed E-state index contributed by atoms with van der Waals surface area (Å²) >= 11 is 0. The fourth-order valence-corrected chi connectivity index (χ4v) is 7.10. The van der Waals surface area contributed by atoms with Crippen LogP contribution in [0.2, 0.25) is 0 Å². The molecular formula is C30H39N3O3. The van der Waals surface area contributed by atoms with E-state index in [1.807, 2.05) is 19.1 Å². The first-order chi connectivity index (χ1) is 17.4. The normalized spacial score (nSPS) is 22.8. The van der Waals surface area contributed by atoms with Gasteiger partial charge in [-0.25, -0.2) is 0 Å². The molecule has 1 aliphatic heterocycles. The fraction of sp³-hybridized carbons (Fsp3) is 0.533. The third kappa shape index (κ3) is 4.40. The molecule has 0 spiro atoms. The number of para-hydroxylation sites is 1. The standard InChI is InChI=1S/C30H39N3O3/c1-18-17-28(36-4)24(30(35)32-18)13-14-27(34)29-20(3)33(26-12-8-6-10-23(26)29)19(2)21-15-16-31-25-11-7-5-9-22(21)25/h6,8,10,12,17,19,21-22,25,31H,5,7,9,11,13-16H2,1-4H3,(H,32,35). The molecule has 2 fully saturated rings. The quantitative estimate of drug-likeness (QED) is 0.430. The molecular weight excluding hydrogens is 450 g/mol. The number of nitrogens with one attached hydrogen (secondary N) is 2. The molecule has 1 aromatic carbocycles. The van der Waals surface area contributed by atoms with Crippen molar-refractivity contribution < 1.29 is 9.53 Å². The molecule has 2 N–H and O–H groups in total. The number of carbonyl (C=O) groups excluding carboxylic acids is 1. The maximum absolute atomic E-state index is 13.7. The van der Waals surface area contributed by atoms with Crippen LogP contribution in [0.25, 0.3) is 10.9 Å². The molecule has 2 aromatic heterocycles. The zero-order chi connectivity index (χ0) is 25.4. The molecule has 0 radical (unpaired) electrons. The predicted octanol–water partition coefficient (Wildman–Crippen LogP) is 5.50. The van der Waals surface area contributed by atoms with E-state index in [1.54, 1.807) is 7.11 Å². The first-order valence-electron chi connectivity index (χ1n) is 13.5. The van der Waals surface area contributed by atoms with Gasteiger partial charge in [-0.3, -0.25) is 9.59 Å². The van der Waals surface area contributed by atoms with Gasteiger partial charge >= 0.3 is 0 Å². The molecule has 2 aliphatic rings. The van der Waals surface area contributed by atoms with Crippen molar-refractivity contribution in [2.24, 2.45) is 11.8 Å². The summed E-state index contributed by atoms with van der Waals surface area (Å²) in [5.74, 6) is 1.93. The van der Waals surface area contributed by atoms with Crippen LogP contribution in [0.15, 0.2) is 35.1 Å². The Morgan fingerprint density at radius 3 is 2.75 bits per heavy atom. The van der Waals surface area contributed by atoms with Crippen LogP contribution < -0.4 is 15.6 Å². The molecule has 4 atom stereocenters. The summed E-state index contributed by atoms with van der Waals surface area (Å²) in [5.41, 5.74) is 4.09. The van der Waals surface area contributed by atoms with Crippen molar-refractivity contribution in [2.45, 2.75) is 77.8 Å². The Bertz CT molecular complexity index is 1320. The highest BCUT2D eigenvalue weighted by Gasteiger charge is 2.38. The van der Waals surface area contributed by atoms with E-state index in [-0.39, 0.29) is 17.8 Å². The van der Waals surface area contributed by atoms with Gasteiger partial charge in [0, 0.05) is 46.4 Å². The molecule has 4 unspecified atom stereocenters. The first-order valence-corrected chi connectivity index (χ1v) is 13.5. The van der Waals surface area contributed by atoms with Gasteiger partial charge in [-0.1, -0.05) is 31.0 Å². The van der Waals surface area contributed by atoms with Crippen molar-refractivity contribution in [1.29, 1.82) is 0 Å². The molecule has 192 valence electrons. The van der Waals surface area contributed by atoms with Gasteiger partial charge in [0.15, 0.2) is 5.78 Å². The number of H-pyrrole nitrogens is 1. The summed E-state index contributed by atoms with van der Waals surface area (Å²) < 4.78 is 7.88. The second kappa shape index (κ2) is 10.3. The van der Waals surface area contributed by atoms with Gasteiger partial charge in [0.1, 0.15) is 5.75 Å². The number of benzene rings is 1. The maximum Gasteiger partial charge on any atom is 0.255 e. The van der Waals surface area contributed by atoms with E-state index in [0.717, 1.165) is 34.4 Å². The molecule has 5 rings (SSSR count). The average Bonchev–Trinajstić information content (AvgIpc) is 3.18. The number of methoxy groups -OCH3 is 1. The number of aromatic nitrogens is 2. The minimum atomic E-state index is -0.180. The van der Waals surface area contributed by atoms with Crippen LogP contribution in [-0.2, 0) is 6.42 Å². The highest BCUT2D eigenvalue weighted by molar-refractivity contribution is 6.09. The van der Waals surface area contributed by atoms with Gasteiger partial charge < -0.3 is 19.6 Å². The Morgan fingerprint density at radius 2 is 1.94 bits per heavy atom. The number of Topliss-reactive ketones (excluding diaryl/α,β-unsaturated/α-hetero) is 1. The van der Waals surface area contributed by atoms with Crippen LogP contribution in [0.3, 0.4) is 0 Å². The lowest BCUT2D eigenvalue weighted by atomic mass is 9.70. The number of hydrogen-bond donors (Lipinski definition) is 2. The van der Waals surface area contributed by atoms with Gasteiger partial charge in [0.2, 0.25) is 0 Å². The molecule has 1 aliphatic carbocycles. The number of fused-ring (bicyclic) bond motifs is 2. The van der Waals surface area contributed by atoms with Crippen molar-refractivity contribution in [1.82, 2.24) is 14.9 Å². The number of aryl methyl sites for hydroxylation is 1. The Kier molecular flexibility index (Phi) is 7.07. The fourth-order valence-electron chi connectivity index (χ4n) is 7.10. The topological polar surface area (TPSA) is 76.1 Å². The van der Waals surface area contributed by atoms with Crippen LogP contribution in [0, 0.1) is 25.7 Å². The van der Waals surface area contributed by atoms with E-state index in [2.05, 4.69) is 46.9 Å². The number of ether oxygens (including phenoxy) is 1. The Labute approximate surface area is 213 Å². The number of piperidine rings is 1. The second-order valence-corrected chi connectivity index (χ2v) is 10.8. The number of pyridine rings is 1. The van der Waals surface area contributed by atoms with Gasteiger partial charge in [-0.05, 0) is 77.0 Å². The van der Waals surface area contributed by atoms with Gasteiger partial charge in [-0.2, -0.15) is 0 Å². The summed E-state index contributed by atoms with van der Waals surface area (Å²) in [4.78, 5) is 29.1. The molecule has 1 saturated heterocycles. The number of hydrogen-bond acceptors (Lipinski definition) is 4. The molecule has 0 bridgehead atoms. The van der Waals surface area contributed by atoms with Crippen molar-refractivity contribution in [3.63, 3.8) is 0 Å². The summed E-state index contributed by atoms with van der Waals surface area (Å²) in [5, 5.41) is 4.80. The first kappa shape index (κ1) is 24.8. The van der Waals surface area contributed by atoms with Crippen molar-refractivity contribution in [3.05, 3.63) is 63.2 Å². The zero-order valence-corrected chi connectivity index (χ0v) is 22.0. The predicted molar refractivity (Wildman–Crippen MR) is 144 cm³/mol. The lowest BCUT2D eigenvalue weighted by molar-refractivity contribution is 0.0977. The molecule has 36 heavy (non-hydrogen) atoms. The summed E-state index contributed by atoms with van der Waals surface area (Å²) in [7, 11) is 1.57. The highest BCUT2D eigenvalue weighted by Crippen LogP contribution is 2.43. The number of rotatable bonds is 7. The minimum Gasteiger partial charge on any atom is -0.496 e. The molecule has 6 heteroatoms. The number of aromatic amines is 1. The summed E-state index contributed by atoms with van der Waals surface area (Å²) in [6, 6.07) is 11.1. The largest absolute Gasteiger partial charge is 0.496 e. The molecule has 1 saturated carbocycles. The Balaban J connectivity index is 1.47. The van der Waals surface area contributed by atoms with Crippen LogP contribution in [-0.4, -0.2) is 35.0 Å². The third-order valence-corrected chi connectivity index (χ3v) is 8.77. The lowest BCUT2D eigenvalue weighted by Gasteiger charge is -2.45. The van der Waals surface area contributed by atoms with E-state index in [4.69, 9.17) is 4.74 Å².